The molecule has 1 rings (SSSR count). The van der Waals surface area contributed by atoms with Crippen LogP contribution in [-0.2, 0) is 0 Å². The van der Waals surface area contributed by atoms with Crippen molar-refractivity contribution >= 4 is 0 Å². The van der Waals surface area contributed by atoms with Crippen LogP contribution in [0.5, 0.6) is 0 Å². The summed E-state index contributed by atoms with van der Waals surface area (Å²) in [6.45, 7) is 12.4. The summed E-state index contributed by atoms with van der Waals surface area (Å²) in [7, 11) is 0. The van der Waals surface area contributed by atoms with E-state index in [0.717, 1.165) is 11.7 Å². The maximum Gasteiger partial charge on any atom is 0.196 e. The Balaban J connectivity index is 0.000000671. The average molecular weight is 183 g/mol. The summed E-state index contributed by atoms with van der Waals surface area (Å²) < 4.78 is 5.50. The molecule has 0 radical (unpaired) electrons. The number of hydrogen-bond acceptors (Lipinski definition) is 2. The maximum atomic E-state index is 5.50. The van der Waals surface area contributed by atoms with Gasteiger partial charge >= 0.3 is 0 Å². The number of oxazole rings is 1. The van der Waals surface area contributed by atoms with Crippen molar-refractivity contribution < 1.29 is 4.42 Å². The first-order chi connectivity index (χ1) is 6.11. The molecule has 1 aromatic rings. The van der Waals surface area contributed by atoms with Gasteiger partial charge in [0.1, 0.15) is 5.76 Å². The van der Waals surface area contributed by atoms with Gasteiger partial charge in [0, 0.05) is 11.8 Å². The molecule has 1 heterocycles. The van der Waals surface area contributed by atoms with E-state index in [2.05, 4.69) is 32.7 Å². The van der Waals surface area contributed by atoms with Crippen molar-refractivity contribution in [1.29, 1.82) is 0 Å². The largest absolute Gasteiger partial charge is 0.445 e. The van der Waals surface area contributed by atoms with Gasteiger partial charge in [-0.1, -0.05) is 41.5 Å². The van der Waals surface area contributed by atoms with Crippen LogP contribution in [0.3, 0.4) is 0 Å². The molecule has 0 unspecified atom stereocenters. The minimum atomic E-state index is 0.391. The molecular formula is C11H21NO. The molecule has 0 aliphatic carbocycles. The molecule has 0 saturated heterocycles. The Labute approximate surface area is 81.4 Å². The van der Waals surface area contributed by atoms with Gasteiger partial charge in [-0.3, -0.25) is 0 Å². The molecule has 0 fully saturated rings. The van der Waals surface area contributed by atoms with Crippen LogP contribution in [0, 0.1) is 0 Å². The first-order valence-corrected chi connectivity index (χ1v) is 5.07. The van der Waals surface area contributed by atoms with Crippen LogP contribution in [-0.4, -0.2) is 4.98 Å². The van der Waals surface area contributed by atoms with Gasteiger partial charge in [-0.25, -0.2) is 4.98 Å². The lowest BCUT2D eigenvalue weighted by molar-refractivity contribution is 0.422. The van der Waals surface area contributed by atoms with Gasteiger partial charge in [0.05, 0.1) is 6.20 Å². The van der Waals surface area contributed by atoms with Crippen LogP contribution >= 0.6 is 0 Å². The third-order valence-electron chi connectivity index (χ3n) is 1.60. The van der Waals surface area contributed by atoms with Crippen LogP contribution in [0.2, 0.25) is 0 Å². The molecule has 0 atom stereocenters. The minimum absolute atomic E-state index is 0.391. The maximum absolute atomic E-state index is 5.50. The van der Waals surface area contributed by atoms with Crippen LogP contribution in [0.25, 0.3) is 0 Å². The second-order valence-corrected chi connectivity index (χ2v) is 3.41. The summed E-state index contributed by atoms with van der Waals surface area (Å²) >= 11 is 0. The molecule has 0 saturated carbocycles. The standard InChI is InChI=1S/C9H15NO.C2H6/c1-6(2)8-5-10-9(11-8)7(3)4;1-2/h5-7H,1-4H3;1-2H3. The predicted molar refractivity (Wildman–Crippen MR) is 56.0 cm³/mol. The monoisotopic (exact) mass is 183 g/mol. The third-order valence-corrected chi connectivity index (χ3v) is 1.60. The zero-order valence-corrected chi connectivity index (χ0v) is 9.59. The summed E-state index contributed by atoms with van der Waals surface area (Å²) in [5.74, 6) is 2.65. The predicted octanol–water partition coefficient (Wildman–Crippen LogP) is 3.95. The summed E-state index contributed by atoms with van der Waals surface area (Å²) in [4.78, 5) is 4.17. The van der Waals surface area contributed by atoms with E-state index in [-0.39, 0.29) is 0 Å². The Kier molecular flexibility index (Phi) is 5.44. The van der Waals surface area contributed by atoms with Gasteiger partial charge in [-0.05, 0) is 0 Å². The van der Waals surface area contributed by atoms with Gasteiger partial charge in [0.2, 0.25) is 0 Å². The van der Waals surface area contributed by atoms with Crippen molar-refractivity contribution in [2.75, 3.05) is 0 Å². The molecular weight excluding hydrogens is 162 g/mol. The Morgan fingerprint density at radius 3 is 1.85 bits per heavy atom. The van der Waals surface area contributed by atoms with Gasteiger partial charge in [-0.2, -0.15) is 0 Å². The van der Waals surface area contributed by atoms with Crippen molar-refractivity contribution in [3.63, 3.8) is 0 Å². The quantitative estimate of drug-likeness (QED) is 0.694. The van der Waals surface area contributed by atoms with Gasteiger partial charge in [0.25, 0.3) is 0 Å². The normalized spacial score (nSPS) is 10.2. The fourth-order valence-electron chi connectivity index (χ4n) is 0.835. The van der Waals surface area contributed by atoms with Crippen molar-refractivity contribution in [2.45, 2.75) is 53.4 Å². The summed E-state index contributed by atoms with van der Waals surface area (Å²) in [6.07, 6.45) is 1.82. The van der Waals surface area contributed by atoms with Crippen LogP contribution < -0.4 is 0 Å². The van der Waals surface area contributed by atoms with Gasteiger partial charge in [-0.15, -0.1) is 0 Å². The molecule has 0 aromatic carbocycles. The zero-order chi connectivity index (χ0) is 10.4. The van der Waals surface area contributed by atoms with E-state index in [0.29, 0.717) is 11.8 Å². The Hall–Kier alpha value is -0.790. The molecule has 2 nitrogen and oxygen atoms in total. The molecule has 13 heavy (non-hydrogen) atoms. The van der Waals surface area contributed by atoms with Crippen molar-refractivity contribution in [3.05, 3.63) is 17.8 Å². The van der Waals surface area contributed by atoms with E-state index in [1.165, 1.54) is 0 Å². The van der Waals surface area contributed by atoms with E-state index >= 15 is 0 Å². The van der Waals surface area contributed by atoms with Crippen LogP contribution in [0.1, 0.15) is 65.0 Å². The number of nitrogens with zero attached hydrogens (tertiary/aromatic N) is 1. The fraction of sp³-hybridized carbons (Fsp3) is 0.727. The van der Waals surface area contributed by atoms with Gasteiger partial charge in [0.15, 0.2) is 5.89 Å². The zero-order valence-electron chi connectivity index (χ0n) is 9.59. The molecule has 0 N–H and O–H groups in total. The minimum Gasteiger partial charge on any atom is -0.445 e. The highest BCUT2D eigenvalue weighted by molar-refractivity contribution is 5.00. The molecule has 0 bridgehead atoms. The Bertz CT molecular complexity index is 203. The number of hydrogen-bond donors (Lipinski definition) is 0. The smallest absolute Gasteiger partial charge is 0.196 e. The molecule has 0 aliphatic heterocycles. The highest BCUT2D eigenvalue weighted by Crippen LogP contribution is 2.19. The topological polar surface area (TPSA) is 26.0 Å². The third kappa shape index (κ3) is 3.62. The van der Waals surface area contributed by atoms with Crippen LogP contribution in [0.4, 0.5) is 0 Å². The first kappa shape index (κ1) is 12.2. The summed E-state index contributed by atoms with van der Waals surface area (Å²) in [5.41, 5.74) is 0. The highest BCUT2D eigenvalue weighted by Gasteiger charge is 2.09. The van der Waals surface area contributed by atoms with E-state index in [9.17, 15) is 0 Å². The first-order valence-electron chi connectivity index (χ1n) is 5.07. The second-order valence-electron chi connectivity index (χ2n) is 3.41. The Morgan fingerprint density at radius 2 is 1.62 bits per heavy atom. The number of rotatable bonds is 2. The second kappa shape index (κ2) is 5.79. The summed E-state index contributed by atoms with van der Waals surface area (Å²) in [6, 6.07) is 0. The average Bonchev–Trinajstić information content (AvgIpc) is 2.56. The molecule has 0 spiro atoms. The SMILES string of the molecule is CC.CC(C)c1cnc(C(C)C)o1. The highest BCUT2D eigenvalue weighted by atomic mass is 16.4. The number of aromatic nitrogens is 1. The molecule has 2 heteroatoms. The van der Waals surface area contributed by atoms with Crippen LogP contribution in [0.15, 0.2) is 10.6 Å². The van der Waals surface area contributed by atoms with E-state index < -0.39 is 0 Å². The fourth-order valence-corrected chi connectivity index (χ4v) is 0.835. The van der Waals surface area contributed by atoms with E-state index in [1.54, 1.807) is 0 Å². The lowest BCUT2D eigenvalue weighted by Crippen LogP contribution is -1.85. The molecule has 1 aromatic heterocycles. The lowest BCUT2D eigenvalue weighted by Gasteiger charge is -1.98. The van der Waals surface area contributed by atoms with Crippen molar-refractivity contribution in [1.82, 2.24) is 4.98 Å². The molecule has 0 amide bonds. The van der Waals surface area contributed by atoms with Crippen molar-refractivity contribution in [2.24, 2.45) is 0 Å². The van der Waals surface area contributed by atoms with E-state index in [4.69, 9.17) is 4.42 Å². The van der Waals surface area contributed by atoms with Crippen molar-refractivity contribution in [3.8, 4) is 0 Å². The lowest BCUT2D eigenvalue weighted by atomic mass is 10.2. The van der Waals surface area contributed by atoms with Gasteiger partial charge < -0.3 is 4.42 Å². The molecule has 76 valence electrons. The molecule has 0 aliphatic rings. The Morgan fingerprint density at radius 1 is 1.08 bits per heavy atom. The van der Waals surface area contributed by atoms with E-state index in [1.807, 2.05) is 20.0 Å². The summed E-state index contributed by atoms with van der Waals surface area (Å²) in [5, 5.41) is 0.